The Hall–Kier alpha value is -1.02. The van der Waals surface area contributed by atoms with Gasteiger partial charge in [0.25, 0.3) is 0 Å². The van der Waals surface area contributed by atoms with Gasteiger partial charge in [-0.25, -0.2) is 0 Å². The summed E-state index contributed by atoms with van der Waals surface area (Å²) in [5, 5.41) is 21.2. The van der Waals surface area contributed by atoms with Crippen molar-refractivity contribution in [3.63, 3.8) is 0 Å². The van der Waals surface area contributed by atoms with Crippen LogP contribution in [0.2, 0.25) is 0 Å². The Labute approximate surface area is 134 Å². The zero-order valence-corrected chi connectivity index (χ0v) is 14.6. The fraction of sp³-hybridized carbons (Fsp3) is 0.700. The van der Waals surface area contributed by atoms with Crippen LogP contribution in [0.3, 0.4) is 0 Å². The number of aliphatic hydroxyl groups is 1. The summed E-state index contributed by atoms with van der Waals surface area (Å²) in [6.07, 6.45) is 3.81. The average molecular weight is 302 g/mol. The first-order chi connectivity index (χ1) is 10.2. The van der Waals surface area contributed by atoms with Gasteiger partial charge in [0.1, 0.15) is 5.75 Å². The van der Waals surface area contributed by atoms with Gasteiger partial charge >= 0.3 is 0 Å². The van der Waals surface area contributed by atoms with Crippen LogP contribution in [0.4, 0.5) is 0 Å². The lowest BCUT2D eigenvalue weighted by atomic mass is 9.49. The fourth-order valence-electron chi connectivity index (χ4n) is 5.44. The Bertz CT molecular complexity index is 588. The van der Waals surface area contributed by atoms with E-state index in [2.05, 4.69) is 40.7 Å². The largest absolute Gasteiger partial charge is 0.508 e. The van der Waals surface area contributed by atoms with Crippen molar-refractivity contribution < 1.29 is 10.2 Å². The first-order valence-corrected chi connectivity index (χ1v) is 8.73. The Morgan fingerprint density at radius 1 is 1.14 bits per heavy atom. The van der Waals surface area contributed by atoms with Crippen molar-refractivity contribution in [2.75, 3.05) is 0 Å². The normalized spacial score (nSPS) is 33.4. The molecule has 2 N–H and O–H groups in total. The molecule has 0 radical (unpaired) electrons. The van der Waals surface area contributed by atoms with Gasteiger partial charge in [0.05, 0.1) is 6.10 Å². The predicted molar refractivity (Wildman–Crippen MR) is 90.4 cm³/mol. The van der Waals surface area contributed by atoms with Gasteiger partial charge in [0.2, 0.25) is 0 Å². The van der Waals surface area contributed by atoms with Crippen molar-refractivity contribution in [1.82, 2.24) is 0 Å². The maximum atomic E-state index is 10.9. The number of aliphatic hydroxyl groups excluding tert-OH is 1. The second-order valence-corrected chi connectivity index (χ2v) is 8.60. The average Bonchev–Trinajstić information content (AvgIpc) is 2.42. The van der Waals surface area contributed by atoms with Gasteiger partial charge in [0, 0.05) is 5.41 Å². The number of phenols is 1. The summed E-state index contributed by atoms with van der Waals surface area (Å²) in [5.41, 5.74) is 3.75. The minimum absolute atomic E-state index is 0.188. The van der Waals surface area contributed by atoms with Crippen LogP contribution in [0.1, 0.15) is 76.5 Å². The molecule has 1 aromatic rings. The lowest BCUT2D eigenvalue weighted by molar-refractivity contribution is -0.0592. The van der Waals surface area contributed by atoms with E-state index in [1.54, 1.807) is 0 Å². The summed E-state index contributed by atoms with van der Waals surface area (Å²) < 4.78 is 0. The molecule has 0 bridgehead atoms. The number of fused-ring (bicyclic) bond motifs is 3. The van der Waals surface area contributed by atoms with E-state index in [0.717, 1.165) is 31.2 Å². The lowest BCUT2D eigenvalue weighted by Gasteiger charge is -2.56. The van der Waals surface area contributed by atoms with Crippen LogP contribution in [0, 0.1) is 11.3 Å². The zero-order valence-electron chi connectivity index (χ0n) is 14.6. The molecule has 1 saturated carbocycles. The molecule has 0 aliphatic heterocycles. The predicted octanol–water partition coefficient (Wildman–Crippen LogP) is 4.52. The highest BCUT2D eigenvalue weighted by atomic mass is 16.3. The standard InChI is InChI=1S/C20H30O2/c1-12(2)18-13-6-9-16-19(3,4)11-10-17(22)20(16,5)14(13)7-8-15(18)21/h7-8,12,16-17,21-22H,6,9-11H2,1-5H3/t16-,17-,20+/m0/s1. The molecule has 1 aromatic carbocycles. The Balaban J connectivity index is 2.22. The first-order valence-electron chi connectivity index (χ1n) is 8.73. The van der Waals surface area contributed by atoms with E-state index < -0.39 is 0 Å². The molecule has 3 rings (SSSR count). The maximum absolute atomic E-state index is 10.9. The van der Waals surface area contributed by atoms with Gasteiger partial charge in [-0.05, 0) is 65.7 Å². The van der Waals surface area contributed by atoms with Crippen LogP contribution in [0.5, 0.6) is 5.75 Å². The Morgan fingerprint density at radius 2 is 1.82 bits per heavy atom. The molecule has 0 saturated heterocycles. The van der Waals surface area contributed by atoms with Crippen LogP contribution < -0.4 is 0 Å². The summed E-state index contributed by atoms with van der Waals surface area (Å²) in [7, 11) is 0. The van der Waals surface area contributed by atoms with E-state index in [1.165, 1.54) is 11.1 Å². The summed E-state index contributed by atoms with van der Waals surface area (Å²) >= 11 is 0. The topological polar surface area (TPSA) is 40.5 Å². The van der Waals surface area contributed by atoms with Gasteiger partial charge in [-0.3, -0.25) is 0 Å². The highest BCUT2D eigenvalue weighted by Crippen LogP contribution is 2.58. The van der Waals surface area contributed by atoms with Crippen LogP contribution in [-0.2, 0) is 11.8 Å². The van der Waals surface area contributed by atoms with Gasteiger partial charge < -0.3 is 10.2 Å². The molecule has 0 amide bonds. The van der Waals surface area contributed by atoms with Crippen molar-refractivity contribution >= 4 is 0 Å². The van der Waals surface area contributed by atoms with Crippen LogP contribution in [0.15, 0.2) is 12.1 Å². The second-order valence-electron chi connectivity index (χ2n) is 8.60. The van der Waals surface area contributed by atoms with E-state index in [-0.39, 0.29) is 16.9 Å². The van der Waals surface area contributed by atoms with Crippen molar-refractivity contribution in [3.8, 4) is 5.75 Å². The molecule has 0 unspecified atom stereocenters. The molecular weight excluding hydrogens is 272 g/mol. The molecular formula is C20H30O2. The molecule has 0 heterocycles. The summed E-state index contributed by atoms with van der Waals surface area (Å²) in [6.45, 7) is 11.3. The first kappa shape index (κ1) is 15.9. The van der Waals surface area contributed by atoms with Crippen LogP contribution in [-0.4, -0.2) is 16.3 Å². The van der Waals surface area contributed by atoms with Crippen molar-refractivity contribution in [2.45, 2.75) is 77.7 Å². The fourth-order valence-corrected chi connectivity index (χ4v) is 5.44. The number of hydrogen-bond donors (Lipinski definition) is 2. The summed E-state index contributed by atoms with van der Waals surface area (Å²) in [4.78, 5) is 0. The smallest absolute Gasteiger partial charge is 0.119 e. The molecule has 3 atom stereocenters. The second kappa shape index (κ2) is 4.99. The number of hydrogen-bond acceptors (Lipinski definition) is 2. The number of aromatic hydroxyl groups is 1. The zero-order chi connectivity index (χ0) is 16.3. The van der Waals surface area contributed by atoms with E-state index in [0.29, 0.717) is 17.6 Å². The third-order valence-corrected chi connectivity index (χ3v) is 6.60. The number of rotatable bonds is 1. The van der Waals surface area contributed by atoms with Gasteiger partial charge in [0.15, 0.2) is 0 Å². The number of benzene rings is 1. The van der Waals surface area contributed by atoms with E-state index in [9.17, 15) is 10.2 Å². The van der Waals surface area contributed by atoms with Crippen LogP contribution >= 0.6 is 0 Å². The monoisotopic (exact) mass is 302 g/mol. The van der Waals surface area contributed by atoms with Crippen molar-refractivity contribution in [1.29, 1.82) is 0 Å². The Kier molecular flexibility index (Phi) is 3.60. The van der Waals surface area contributed by atoms with Gasteiger partial charge in [-0.2, -0.15) is 0 Å². The molecule has 0 aromatic heterocycles. The quantitative estimate of drug-likeness (QED) is 0.801. The Morgan fingerprint density at radius 3 is 2.45 bits per heavy atom. The highest BCUT2D eigenvalue weighted by Gasteiger charge is 2.54. The summed E-state index contributed by atoms with van der Waals surface area (Å²) in [5.74, 6) is 1.23. The summed E-state index contributed by atoms with van der Waals surface area (Å²) in [6, 6.07) is 3.92. The van der Waals surface area contributed by atoms with E-state index in [1.807, 2.05) is 6.07 Å². The van der Waals surface area contributed by atoms with Crippen molar-refractivity contribution in [3.05, 3.63) is 28.8 Å². The van der Waals surface area contributed by atoms with Crippen molar-refractivity contribution in [2.24, 2.45) is 11.3 Å². The molecule has 0 spiro atoms. The van der Waals surface area contributed by atoms with Gasteiger partial charge in [-0.1, -0.05) is 40.7 Å². The molecule has 22 heavy (non-hydrogen) atoms. The minimum atomic E-state index is -0.283. The lowest BCUT2D eigenvalue weighted by Crippen LogP contribution is -2.55. The number of phenolic OH excluding ortho intramolecular Hbond substituents is 1. The molecule has 1 fully saturated rings. The van der Waals surface area contributed by atoms with E-state index >= 15 is 0 Å². The molecule has 2 aliphatic carbocycles. The molecule has 122 valence electrons. The van der Waals surface area contributed by atoms with Gasteiger partial charge in [-0.15, -0.1) is 0 Å². The molecule has 2 aliphatic rings. The SMILES string of the molecule is CC(C)c1c(O)ccc2c1CC[C@H]1C(C)(C)CC[C@H](O)[C@]21C. The van der Waals surface area contributed by atoms with Crippen LogP contribution in [0.25, 0.3) is 0 Å². The molecule has 2 nitrogen and oxygen atoms in total. The minimum Gasteiger partial charge on any atom is -0.508 e. The third kappa shape index (κ3) is 2.03. The molecule has 2 heteroatoms. The van der Waals surface area contributed by atoms with E-state index in [4.69, 9.17) is 0 Å². The maximum Gasteiger partial charge on any atom is 0.119 e. The highest BCUT2D eigenvalue weighted by molar-refractivity contribution is 5.51. The third-order valence-electron chi connectivity index (χ3n) is 6.60.